The summed E-state index contributed by atoms with van der Waals surface area (Å²) in [6, 6.07) is 3.65. The second-order valence-corrected chi connectivity index (χ2v) is 4.15. The van der Waals surface area contributed by atoms with Crippen molar-refractivity contribution in [3.05, 3.63) is 35.4 Å². The van der Waals surface area contributed by atoms with Crippen LogP contribution in [0.5, 0.6) is 0 Å². The molecule has 1 fully saturated rings. The van der Waals surface area contributed by atoms with Gasteiger partial charge in [0.15, 0.2) is 11.6 Å². The van der Waals surface area contributed by atoms with E-state index in [2.05, 4.69) is 5.32 Å². The third-order valence-electron chi connectivity index (χ3n) is 2.94. The lowest BCUT2D eigenvalue weighted by Crippen LogP contribution is -2.52. The third kappa shape index (κ3) is 2.29. The Morgan fingerprint density at radius 3 is 2.94 bits per heavy atom. The Hall–Kier alpha value is -1.49. The molecule has 1 aliphatic rings. The maximum Gasteiger partial charge on any atom is 0.257 e. The van der Waals surface area contributed by atoms with Gasteiger partial charge < -0.3 is 10.2 Å². The van der Waals surface area contributed by atoms with E-state index < -0.39 is 17.5 Å². The van der Waals surface area contributed by atoms with Crippen LogP contribution in [0.1, 0.15) is 17.3 Å². The number of piperazine rings is 1. The Kier molecular flexibility index (Phi) is 3.38. The van der Waals surface area contributed by atoms with Crippen molar-refractivity contribution in [3.63, 3.8) is 0 Å². The minimum Gasteiger partial charge on any atom is -0.333 e. The largest absolute Gasteiger partial charge is 0.333 e. The number of hydrogen-bond donors (Lipinski definition) is 1. The molecule has 1 heterocycles. The number of rotatable bonds is 1. The smallest absolute Gasteiger partial charge is 0.257 e. The summed E-state index contributed by atoms with van der Waals surface area (Å²) < 4.78 is 26.5. The SMILES string of the molecule is C[C@@H]1CNCCN1C(=O)c1cccc(F)c1F. The quantitative estimate of drug-likeness (QED) is 0.804. The van der Waals surface area contributed by atoms with E-state index >= 15 is 0 Å². The van der Waals surface area contributed by atoms with Crippen molar-refractivity contribution >= 4 is 5.91 Å². The molecule has 0 aromatic heterocycles. The second-order valence-electron chi connectivity index (χ2n) is 4.15. The predicted octanol–water partition coefficient (Wildman–Crippen LogP) is 1.40. The first-order valence-electron chi connectivity index (χ1n) is 5.57. The zero-order valence-electron chi connectivity index (χ0n) is 9.54. The number of nitrogens with one attached hydrogen (secondary N) is 1. The molecule has 92 valence electrons. The number of carbonyl (C=O) groups is 1. The van der Waals surface area contributed by atoms with Gasteiger partial charge in [-0.2, -0.15) is 0 Å². The summed E-state index contributed by atoms with van der Waals surface area (Å²) in [5, 5.41) is 3.14. The predicted molar refractivity (Wildman–Crippen MR) is 59.7 cm³/mol. The number of hydrogen-bond acceptors (Lipinski definition) is 2. The van der Waals surface area contributed by atoms with E-state index in [4.69, 9.17) is 0 Å². The topological polar surface area (TPSA) is 32.3 Å². The summed E-state index contributed by atoms with van der Waals surface area (Å²) in [5.41, 5.74) is -0.196. The second kappa shape index (κ2) is 4.79. The van der Waals surface area contributed by atoms with Gasteiger partial charge in [0.1, 0.15) is 0 Å². The molecule has 1 amide bonds. The number of carbonyl (C=O) groups excluding carboxylic acids is 1. The molecule has 0 spiro atoms. The van der Waals surface area contributed by atoms with E-state index in [0.717, 1.165) is 6.07 Å². The molecule has 0 radical (unpaired) electrons. The molecule has 2 rings (SSSR count). The highest BCUT2D eigenvalue weighted by molar-refractivity contribution is 5.94. The lowest BCUT2D eigenvalue weighted by molar-refractivity contribution is 0.0650. The minimum atomic E-state index is -1.07. The lowest BCUT2D eigenvalue weighted by atomic mass is 10.1. The average molecular weight is 240 g/mol. The number of amides is 1. The molecule has 1 aliphatic heterocycles. The normalized spacial score (nSPS) is 20.4. The Bertz CT molecular complexity index is 437. The molecule has 0 bridgehead atoms. The number of nitrogens with zero attached hydrogens (tertiary/aromatic N) is 1. The van der Waals surface area contributed by atoms with Crippen molar-refractivity contribution in [2.24, 2.45) is 0 Å². The van der Waals surface area contributed by atoms with E-state index in [9.17, 15) is 13.6 Å². The van der Waals surface area contributed by atoms with Crippen LogP contribution >= 0.6 is 0 Å². The summed E-state index contributed by atoms with van der Waals surface area (Å²) >= 11 is 0. The number of halogens is 2. The molecule has 1 aromatic rings. The molecule has 17 heavy (non-hydrogen) atoms. The van der Waals surface area contributed by atoms with Gasteiger partial charge in [-0.1, -0.05) is 6.07 Å². The zero-order chi connectivity index (χ0) is 12.4. The van der Waals surface area contributed by atoms with E-state index in [1.54, 1.807) is 4.90 Å². The molecular weight excluding hydrogens is 226 g/mol. The van der Waals surface area contributed by atoms with Crippen LogP contribution in [0.25, 0.3) is 0 Å². The summed E-state index contributed by atoms with van der Waals surface area (Å²) in [6.45, 7) is 3.73. The van der Waals surface area contributed by atoms with Crippen LogP contribution in [0, 0.1) is 11.6 Å². The maximum atomic E-state index is 13.5. The summed E-state index contributed by atoms with van der Waals surface area (Å²) in [4.78, 5) is 13.6. The van der Waals surface area contributed by atoms with Crippen molar-refractivity contribution in [3.8, 4) is 0 Å². The molecule has 5 heteroatoms. The van der Waals surface area contributed by atoms with Crippen LogP contribution in [-0.2, 0) is 0 Å². The first-order chi connectivity index (χ1) is 8.11. The van der Waals surface area contributed by atoms with Crippen LogP contribution in [0.3, 0.4) is 0 Å². The Morgan fingerprint density at radius 1 is 1.47 bits per heavy atom. The lowest BCUT2D eigenvalue weighted by Gasteiger charge is -2.34. The molecule has 1 aromatic carbocycles. The Morgan fingerprint density at radius 2 is 2.24 bits per heavy atom. The molecule has 0 unspecified atom stereocenters. The van der Waals surface area contributed by atoms with Crippen molar-refractivity contribution in [1.82, 2.24) is 10.2 Å². The summed E-state index contributed by atoms with van der Waals surface area (Å²) in [5.74, 6) is -2.50. The van der Waals surface area contributed by atoms with Gasteiger partial charge in [-0.15, -0.1) is 0 Å². The van der Waals surface area contributed by atoms with Crippen LogP contribution in [0.4, 0.5) is 8.78 Å². The molecule has 1 N–H and O–H groups in total. The van der Waals surface area contributed by atoms with Crippen LogP contribution in [0.15, 0.2) is 18.2 Å². The first kappa shape index (κ1) is 12.0. The maximum absolute atomic E-state index is 13.5. The van der Waals surface area contributed by atoms with Gasteiger partial charge in [0.2, 0.25) is 0 Å². The highest BCUT2D eigenvalue weighted by Crippen LogP contribution is 2.16. The van der Waals surface area contributed by atoms with Gasteiger partial charge in [-0.25, -0.2) is 8.78 Å². The van der Waals surface area contributed by atoms with E-state index in [-0.39, 0.29) is 11.6 Å². The molecule has 1 atom stereocenters. The standard InChI is InChI=1S/C12H14F2N2O/c1-8-7-15-5-6-16(8)12(17)9-3-2-4-10(13)11(9)14/h2-4,8,15H,5-7H2,1H3/t8-/m1/s1. The van der Waals surface area contributed by atoms with Gasteiger partial charge in [0.25, 0.3) is 5.91 Å². The highest BCUT2D eigenvalue weighted by atomic mass is 19.2. The highest BCUT2D eigenvalue weighted by Gasteiger charge is 2.26. The summed E-state index contributed by atoms with van der Waals surface area (Å²) in [7, 11) is 0. The summed E-state index contributed by atoms with van der Waals surface area (Å²) in [6.07, 6.45) is 0. The van der Waals surface area contributed by atoms with Crippen molar-refractivity contribution in [2.45, 2.75) is 13.0 Å². The van der Waals surface area contributed by atoms with Gasteiger partial charge in [0.05, 0.1) is 5.56 Å². The average Bonchev–Trinajstić information content (AvgIpc) is 2.32. The molecule has 3 nitrogen and oxygen atoms in total. The fourth-order valence-corrected chi connectivity index (χ4v) is 1.97. The fraction of sp³-hybridized carbons (Fsp3) is 0.417. The fourth-order valence-electron chi connectivity index (χ4n) is 1.97. The van der Waals surface area contributed by atoms with Crippen molar-refractivity contribution in [2.75, 3.05) is 19.6 Å². The third-order valence-corrected chi connectivity index (χ3v) is 2.94. The molecule has 0 aliphatic carbocycles. The van der Waals surface area contributed by atoms with Gasteiger partial charge >= 0.3 is 0 Å². The monoisotopic (exact) mass is 240 g/mol. The Labute approximate surface area is 98.4 Å². The molecule has 1 saturated heterocycles. The van der Waals surface area contributed by atoms with Crippen LogP contribution in [0.2, 0.25) is 0 Å². The van der Waals surface area contributed by atoms with Gasteiger partial charge in [-0.05, 0) is 19.1 Å². The molecular formula is C12H14F2N2O. The van der Waals surface area contributed by atoms with Gasteiger partial charge in [-0.3, -0.25) is 4.79 Å². The number of benzene rings is 1. The van der Waals surface area contributed by atoms with E-state index in [0.29, 0.717) is 19.6 Å². The molecule has 0 saturated carbocycles. The zero-order valence-corrected chi connectivity index (χ0v) is 9.54. The minimum absolute atomic E-state index is 0.0149. The van der Waals surface area contributed by atoms with Crippen molar-refractivity contribution in [1.29, 1.82) is 0 Å². The van der Waals surface area contributed by atoms with E-state index in [1.165, 1.54) is 12.1 Å². The van der Waals surface area contributed by atoms with E-state index in [1.807, 2.05) is 6.92 Å². The Balaban J connectivity index is 2.27. The van der Waals surface area contributed by atoms with Crippen LogP contribution < -0.4 is 5.32 Å². The van der Waals surface area contributed by atoms with Gasteiger partial charge in [0, 0.05) is 25.7 Å². The van der Waals surface area contributed by atoms with Crippen molar-refractivity contribution < 1.29 is 13.6 Å². The van der Waals surface area contributed by atoms with Crippen LogP contribution in [-0.4, -0.2) is 36.5 Å². The first-order valence-corrected chi connectivity index (χ1v) is 5.57.